The normalized spacial score (nSPS) is 14.9. The van der Waals surface area contributed by atoms with E-state index in [1.54, 1.807) is 0 Å². The largest absolute Gasteiger partial charge is 0.388 e. The predicted octanol–water partition coefficient (Wildman–Crippen LogP) is 2.43. The van der Waals surface area contributed by atoms with Gasteiger partial charge in [-0.2, -0.15) is 0 Å². The third kappa shape index (κ3) is 3.00. The van der Waals surface area contributed by atoms with Gasteiger partial charge in [-0.3, -0.25) is 0 Å². The van der Waals surface area contributed by atoms with E-state index in [9.17, 15) is 13.9 Å². The highest BCUT2D eigenvalue weighted by Crippen LogP contribution is 2.24. The zero-order valence-corrected chi connectivity index (χ0v) is 9.50. The van der Waals surface area contributed by atoms with E-state index >= 15 is 0 Å². The smallest absolute Gasteiger partial charge is 0.129 e. The first kappa shape index (κ1) is 13.1. The van der Waals surface area contributed by atoms with Crippen molar-refractivity contribution >= 4 is 0 Å². The molecule has 2 atom stereocenters. The summed E-state index contributed by atoms with van der Waals surface area (Å²) in [6, 6.07) is 1.92. The number of nitrogens with two attached hydrogens (primary N) is 1. The highest BCUT2D eigenvalue weighted by Gasteiger charge is 2.17. The number of aliphatic hydroxyl groups is 1. The molecule has 0 heterocycles. The Balaban J connectivity index is 2.91. The lowest BCUT2D eigenvalue weighted by molar-refractivity contribution is 0.152. The predicted molar refractivity (Wildman–Crippen MR) is 58.9 cm³/mol. The van der Waals surface area contributed by atoms with Gasteiger partial charge in [0.2, 0.25) is 0 Å². The van der Waals surface area contributed by atoms with Crippen LogP contribution < -0.4 is 5.73 Å². The molecule has 1 rings (SSSR count). The Bertz CT molecular complexity index is 368. The van der Waals surface area contributed by atoms with Crippen molar-refractivity contribution in [2.75, 3.05) is 0 Å². The molecule has 0 saturated heterocycles. The van der Waals surface area contributed by atoms with Crippen molar-refractivity contribution in [3.8, 4) is 0 Å². The third-order valence-electron chi connectivity index (χ3n) is 2.69. The van der Waals surface area contributed by atoms with E-state index < -0.39 is 17.7 Å². The van der Waals surface area contributed by atoms with E-state index in [1.165, 1.54) is 6.92 Å². The van der Waals surface area contributed by atoms with Crippen LogP contribution >= 0.6 is 0 Å². The van der Waals surface area contributed by atoms with E-state index in [1.807, 2.05) is 6.92 Å². The molecule has 4 heteroatoms. The molecule has 0 aliphatic carbocycles. The summed E-state index contributed by atoms with van der Waals surface area (Å²) in [7, 11) is 0. The quantitative estimate of drug-likeness (QED) is 0.833. The van der Waals surface area contributed by atoms with Crippen molar-refractivity contribution in [1.29, 1.82) is 0 Å². The zero-order valence-electron chi connectivity index (χ0n) is 9.50. The highest BCUT2D eigenvalue weighted by atomic mass is 19.1. The van der Waals surface area contributed by atoms with Crippen molar-refractivity contribution in [3.63, 3.8) is 0 Å². The van der Waals surface area contributed by atoms with Crippen LogP contribution in [0.2, 0.25) is 0 Å². The average Bonchev–Trinajstić information content (AvgIpc) is 2.23. The van der Waals surface area contributed by atoms with E-state index in [0.717, 1.165) is 12.1 Å². The number of aliphatic hydroxyl groups excluding tert-OH is 1. The van der Waals surface area contributed by atoms with Gasteiger partial charge in [-0.05, 0) is 37.5 Å². The van der Waals surface area contributed by atoms with Crippen LogP contribution in [0.4, 0.5) is 8.78 Å². The first-order valence-electron chi connectivity index (χ1n) is 5.34. The monoisotopic (exact) mass is 229 g/mol. The molecule has 90 valence electrons. The van der Waals surface area contributed by atoms with Crippen LogP contribution in [0.15, 0.2) is 12.1 Å². The Morgan fingerprint density at radius 2 is 1.94 bits per heavy atom. The van der Waals surface area contributed by atoms with Crippen molar-refractivity contribution in [1.82, 2.24) is 0 Å². The summed E-state index contributed by atoms with van der Waals surface area (Å²) < 4.78 is 26.7. The van der Waals surface area contributed by atoms with Gasteiger partial charge >= 0.3 is 0 Å². The van der Waals surface area contributed by atoms with Crippen LogP contribution in [0.5, 0.6) is 0 Å². The fourth-order valence-corrected chi connectivity index (χ4v) is 1.50. The maximum absolute atomic E-state index is 13.5. The van der Waals surface area contributed by atoms with E-state index in [2.05, 4.69) is 0 Å². The Morgan fingerprint density at radius 1 is 1.31 bits per heavy atom. The Morgan fingerprint density at radius 3 is 2.50 bits per heavy atom. The molecular weight excluding hydrogens is 212 g/mol. The second-order valence-electron chi connectivity index (χ2n) is 4.04. The molecule has 0 aliphatic rings. The Kier molecular flexibility index (Phi) is 4.38. The van der Waals surface area contributed by atoms with Gasteiger partial charge < -0.3 is 10.8 Å². The van der Waals surface area contributed by atoms with Gasteiger partial charge in [0, 0.05) is 11.6 Å². The standard InChI is InChI=1S/C12H17F2NO/c1-3-8(15)5-12(16)9-6-10(13)7(2)4-11(9)14/h4,6,8,12,16H,3,5,15H2,1-2H3. The number of halogens is 2. The first-order valence-corrected chi connectivity index (χ1v) is 5.34. The third-order valence-corrected chi connectivity index (χ3v) is 2.69. The van der Waals surface area contributed by atoms with Crippen LogP contribution in [-0.4, -0.2) is 11.1 Å². The van der Waals surface area contributed by atoms with Gasteiger partial charge in [-0.25, -0.2) is 8.78 Å². The number of aryl methyl sites for hydroxylation is 1. The van der Waals surface area contributed by atoms with Crippen LogP contribution in [0.1, 0.15) is 37.0 Å². The second kappa shape index (κ2) is 5.37. The van der Waals surface area contributed by atoms with Crippen molar-refractivity contribution in [3.05, 3.63) is 34.9 Å². The summed E-state index contributed by atoms with van der Waals surface area (Å²) in [6.45, 7) is 3.36. The summed E-state index contributed by atoms with van der Waals surface area (Å²) in [6.07, 6.45) is -0.131. The topological polar surface area (TPSA) is 46.2 Å². The van der Waals surface area contributed by atoms with Gasteiger partial charge in [0.05, 0.1) is 6.10 Å². The minimum absolute atomic E-state index is 0.0213. The lowest BCUT2D eigenvalue weighted by Crippen LogP contribution is -2.22. The lowest BCUT2D eigenvalue weighted by atomic mass is 9.99. The Hall–Kier alpha value is -1.00. The summed E-state index contributed by atoms with van der Waals surface area (Å²) in [5.41, 5.74) is 5.86. The van der Waals surface area contributed by atoms with Gasteiger partial charge in [0.1, 0.15) is 11.6 Å². The summed E-state index contributed by atoms with van der Waals surface area (Å²) in [5, 5.41) is 9.73. The molecule has 16 heavy (non-hydrogen) atoms. The van der Waals surface area contributed by atoms with Crippen LogP contribution in [0, 0.1) is 18.6 Å². The maximum Gasteiger partial charge on any atom is 0.129 e. The van der Waals surface area contributed by atoms with Gasteiger partial charge in [-0.15, -0.1) is 0 Å². The van der Waals surface area contributed by atoms with Crippen LogP contribution in [-0.2, 0) is 0 Å². The number of hydrogen-bond acceptors (Lipinski definition) is 2. The molecule has 0 aromatic heterocycles. The molecule has 1 aromatic rings. The molecule has 0 radical (unpaired) electrons. The van der Waals surface area contributed by atoms with E-state index in [-0.39, 0.29) is 23.6 Å². The number of rotatable bonds is 4. The molecule has 0 saturated carbocycles. The molecule has 0 bridgehead atoms. The summed E-state index contributed by atoms with van der Waals surface area (Å²) >= 11 is 0. The minimum Gasteiger partial charge on any atom is -0.388 e. The summed E-state index contributed by atoms with van der Waals surface area (Å²) in [5.74, 6) is -1.10. The highest BCUT2D eigenvalue weighted by molar-refractivity contribution is 5.26. The molecule has 2 unspecified atom stereocenters. The van der Waals surface area contributed by atoms with E-state index in [4.69, 9.17) is 5.73 Å². The van der Waals surface area contributed by atoms with Gasteiger partial charge in [0.25, 0.3) is 0 Å². The molecule has 0 spiro atoms. The average molecular weight is 229 g/mol. The van der Waals surface area contributed by atoms with Crippen molar-refractivity contribution in [2.24, 2.45) is 5.73 Å². The first-order chi connectivity index (χ1) is 7.45. The van der Waals surface area contributed by atoms with Crippen molar-refractivity contribution in [2.45, 2.75) is 38.8 Å². The van der Waals surface area contributed by atoms with Gasteiger partial charge in [0.15, 0.2) is 0 Å². The molecule has 0 fully saturated rings. The maximum atomic E-state index is 13.5. The lowest BCUT2D eigenvalue weighted by Gasteiger charge is -2.16. The number of hydrogen-bond donors (Lipinski definition) is 2. The van der Waals surface area contributed by atoms with Crippen LogP contribution in [0.3, 0.4) is 0 Å². The number of benzene rings is 1. The summed E-state index contributed by atoms with van der Waals surface area (Å²) in [4.78, 5) is 0. The molecule has 1 aromatic carbocycles. The van der Waals surface area contributed by atoms with E-state index in [0.29, 0.717) is 6.42 Å². The SMILES string of the molecule is CCC(N)CC(O)c1cc(F)c(C)cc1F. The second-order valence-corrected chi connectivity index (χ2v) is 4.04. The Labute approximate surface area is 94.1 Å². The molecule has 3 N–H and O–H groups in total. The molecule has 2 nitrogen and oxygen atoms in total. The van der Waals surface area contributed by atoms with Gasteiger partial charge in [-0.1, -0.05) is 6.92 Å². The minimum atomic E-state index is -1.05. The molecule has 0 amide bonds. The van der Waals surface area contributed by atoms with Crippen molar-refractivity contribution < 1.29 is 13.9 Å². The zero-order chi connectivity index (χ0) is 12.3. The molecule has 0 aliphatic heterocycles. The molecular formula is C12H17F2NO. The fraction of sp³-hybridized carbons (Fsp3) is 0.500. The fourth-order valence-electron chi connectivity index (χ4n) is 1.50. The van der Waals surface area contributed by atoms with Crippen LogP contribution in [0.25, 0.3) is 0 Å².